The maximum Gasteiger partial charge on any atom is 0.276 e. The predicted octanol–water partition coefficient (Wildman–Crippen LogP) is 4.43. The molecule has 1 N–H and O–H groups in total. The number of rotatable bonds is 4. The summed E-state index contributed by atoms with van der Waals surface area (Å²) >= 11 is 7.21. The topological polar surface area (TPSA) is 64.1 Å². The second kappa shape index (κ2) is 6.98. The summed E-state index contributed by atoms with van der Waals surface area (Å²) in [6, 6.07) is 9.00. The maximum absolute atomic E-state index is 12.2. The number of carbonyl (C=O) groups excluding carboxylic acids is 1. The third-order valence-electron chi connectivity index (χ3n) is 3.31. The molecular formula is C17H14ClN3O2S. The molecule has 0 saturated heterocycles. The van der Waals surface area contributed by atoms with Crippen molar-refractivity contribution in [2.45, 2.75) is 6.92 Å². The van der Waals surface area contributed by atoms with Gasteiger partial charge in [0.2, 0.25) is 0 Å². The van der Waals surface area contributed by atoms with E-state index in [9.17, 15) is 4.79 Å². The maximum atomic E-state index is 12.2. The van der Waals surface area contributed by atoms with E-state index in [0.29, 0.717) is 10.2 Å². The molecule has 1 amide bonds. The third kappa shape index (κ3) is 3.55. The van der Waals surface area contributed by atoms with Crippen molar-refractivity contribution in [3.05, 3.63) is 58.2 Å². The van der Waals surface area contributed by atoms with Crippen LogP contribution in [0.4, 0.5) is 5.13 Å². The number of aromatic nitrogens is 2. The number of nitrogens with one attached hydrogen (secondary N) is 1. The zero-order valence-electron chi connectivity index (χ0n) is 13.0. The number of thiazole rings is 1. The van der Waals surface area contributed by atoms with Crippen LogP contribution in [0, 0.1) is 6.92 Å². The van der Waals surface area contributed by atoms with E-state index in [2.05, 4.69) is 15.3 Å². The average molecular weight is 360 g/mol. The van der Waals surface area contributed by atoms with Gasteiger partial charge in [-0.15, -0.1) is 11.3 Å². The lowest BCUT2D eigenvalue weighted by Crippen LogP contribution is -2.13. The van der Waals surface area contributed by atoms with Crippen molar-refractivity contribution in [2.24, 2.45) is 0 Å². The van der Waals surface area contributed by atoms with Crippen LogP contribution in [0.1, 0.15) is 16.1 Å². The van der Waals surface area contributed by atoms with Crippen molar-refractivity contribution in [3.8, 4) is 17.0 Å². The molecule has 5 nitrogen and oxygen atoms in total. The van der Waals surface area contributed by atoms with Gasteiger partial charge in [-0.1, -0.05) is 23.2 Å². The fourth-order valence-electron chi connectivity index (χ4n) is 2.17. The molecule has 3 aromatic rings. The Morgan fingerprint density at radius 2 is 2.12 bits per heavy atom. The normalized spacial score (nSPS) is 10.5. The molecule has 0 aliphatic heterocycles. The lowest BCUT2D eigenvalue weighted by atomic mass is 10.1. The molecule has 24 heavy (non-hydrogen) atoms. The number of carbonyl (C=O) groups is 1. The zero-order chi connectivity index (χ0) is 17.1. The smallest absolute Gasteiger partial charge is 0.276 e. The molecule has 0 bridgehead atoms. The van der Waals surface area contributed by atoms with Crippen molar-refractivity contribution in [1.82, 2.24) is 9.97 Å². The van der Waals surface area contributed by atoms with E-state index in [4.69, 9.17) is 16.3 Å². The highest BCUT2D eigenvalue weighted by atomic mass is 35.5. The van der Waals surface area contributed by atoms with Gasteiger partial charge in [-0.2, -0.15) is 0 Å². The Morgan fingerprint density at radius 1 is 1.29 bits per heavy atom. The van der Waals surface area contributed by atoms with E-state index >= 15 is 0 Å². The molecule has 7 heteroatoms. The van der Waals surface area contributed by atoms with E-state index in [1.54, 1.807) is 13.2 Å². The van der Waals surface area contributed by atoms with Crippen molar-refractivity contribution in [3.63, 3.8) is 0 Å². The van der Waals surface area contributed by atoms with Gasteiger partial charge in [0, 0.05) is 22.2 Å². The minimum Gasteiger partial charge on any atom is -0.496 e. The number of hydrogen-bond donors (Lipinski definition) is 1. The largest absolute Gasteiger partial charge is 0.496 e. The zero-order valence-corrected chi connectivity index (χ0v) is 14.6. The number of benzene rings is 1. The molecule has 2 heterocycles. The first kappa shape index (κ1) is 16.4. The summed E-state index contributed by atoms with van der Waals surface area (Å²) in [6.45, 7) is 2.00. The van der Waals surface area contributed by atoms with Crippen LogP contribution in [0.2, 0.25) is 5.02 Å². The van der Waals surface area contributed by atoms with E-state index < -0.39 is 0 Å². The van der Waals surface area contributed by atoms with Gasteiger partial charge in [-0.25, -0.2) is 4.98 Å². The van der Waals surface area contributed by atoms with E-state index in [0.717, 1.165) is 22.6 Å². The minimum atomic E-state index is -0.352. The number of halogens is 1. The van der Waals surface area contributed by atoms with E-state index in [1.807, 2.05) is 30.5 Å². The Kier molecular flexibility index (Phi) is 4.78. The second-order valence-corrected chi connectivity index (χ2v) is 6.35. The lowest BCUT2D eigenvalue weighted by Gasteiger charge is -2.07. The Bertz CT molecular complexity index is 895. The minimum absolute atomic E-state index is 0.243. The second-order valence-electron chi connectivity index (χ2n) is 5.06. The van der Waals surface area contributed by atoms with Crippen LogP contribution in [0.3, 0.4) is 0 Å². The van der Waals surface area contributed by atoms with Gasteiger partial charge >= 0.3 is 0 Å². The Hall–Kier alpha value is -2.44. The highest BCUT2D eigenvalue weighted by Gasteiger charge is 2.13. The first-order valence-corrected chi connectivity index (χ1v) is 8.36. The molecule has 2 aromatic heterocycles. The van der Waals surface area contributed by atoms with Crippen LogP contribution in [0.25, 0.3) is 11.3 Å². The van der Waals surface area contributed by atoms with Crippen LogP contribution in [0.5, 0.6) is 5.75 Å². The van der Waals surface area contributed by atoms with Gasteiger partial charge in [-0.3, -0.25) is 15.1 Å². The van der Waals surface area contributed by atoms with Crippen LogP contribution in [0.15, 0.2) is 41.9 Å². The number of ether oxygens (including phenoxy) is 1. The number of nitrogens with zero attached hydrogens (tertiary/aromatic N) is 2. The molecule has 122 valence electrons. The molecule has 0 fully saturated rings. The van der Waals surface area contributed by atoms with Crippen molar-refractivity contribution < 1.29 is 9.53 Å². The van der Waals surface area contributed by atoms with Gasteiger partial charge in [0.15, 0.2) is 5.13 Å². The molecule has 1 aromatic carbocycles. The van der Waals surface area contributed by atoms with Crippen molar-refractivity contribution in [1.29, 1.82) is 0 Å². The van der Waals surface area contributed by atoms with Gasteiger partial charge in [-0.05, 0) is 31.2 Å². The van der Waals surface area contributed by atoms with Gasteiger partial charge < -0.3 is 4.74 Å². The highest BCUT2D eigenvalue weighted by Crippen LogP contribution is 2.33. The summed E-state index contributed by atoms with van der Waals surface area (Å²) in [5, 5.41) is 5.55. The van der Waals surface area contributed by atoms with Gasteiger partial charge in [0.25, 0.3) is 5.91 Å². The average Bonchev–Trinajstić information content (AvgIpc) is 3.03. The first-order valence-electron chi connectivity index (χ1n) is 7.10. The van der Waals surface area contributed by atoms with Crippen LogP contribution in [-0.4, -0.2) is 23.0 Å². The molecule has 0 saturated carbocycles. The highest BCUT2D eigenvalue weighted by molar-refractivity contribution is 7.14. The summed E-state index contributed by atoms with van der Waals surface area (Å²) < 4.78 is 5.38. The Labute approximate surface area is 148 Å². The quantitative estimate of drug-likeness (QED) is 0.748. The Balaban J connectivity index is 1.84. The monoisotopic (exact) mass is 359 g/mol. The lowest BCUT2D eigenvalue weighted by molar-refractivity contribution is 0.102. The number of amides is 1. The molecule has 0 unspecified atom stereocenters. The van der Waals surface area contributed by atoms with E-state index in [1.165, 1.54) is 23.6 Å². The standard InChI is InChI=1S/C17H14ClN3O2S/c1-10-3-4-15(23-2)12(7-10)14-9-24-17(20-14)21-16(22)13-8-11(18)5-6-19-13/h3-9H,1-2H3,(H,20,21,22). The van der Waals surface area contributed by atoms with Crippen molar-refractivity contribution >= 4 is 34.0 Å². The summed E-state index contributed by atoms with van der Waals surface area (Å²) in [4.78, 5) is 20.7. The van der Waals surface area contributed by atoms with Crippen LogP contribution >= 0.6 is 22.9 Å². The summed E-state index contributed by atoms with van der Waals surface area (Å²) in [5.74, 6) is 0.384. The third-order valence-corrected chi connectivity index (χ3v) is 4.30. The number of aryl methyl sites for hydroxylation is 1. The fraction of sp³-hybridized carbons (Fsp3) is 0.118. The molecule has 0 aliphatic rings. The van der Waals surface area contributed by atoms with Gasteiger partial charge in [0.1, 0.15) is 11.4 Å². The molecule has 3 rings (SSSR count). The number of methoxy groups -OCH3 is 1. The number of anilines is 1. The molecule has 0 aliphatic carbocycles. The summed E-state index contributed by atoms with van der Waals surface area (Å²) in [6.07, 6.45) is 1.49. The number of hydrogen-bond acceptors (Lipinski definition) is 5. The SMILES string of the molecule is COc1ccc(C)cc1-c1csc(NC(=O)c2cc(Cl)ccn2)n1. The predicted molar refractivity (Wildman–Crippen MR) is 96.0 cm³/mol. The molecule has 0 radical (unpaired) electrons. The van der Waals surface area contributed by atoms with Crippen LogP contribution < -0.4 is 10.1 Å². The summed E-state index contributed by atoms with van der Waals surface area (Å²) in [7, 11) is 1.62. The molecule has 0 atom stereocenters. The number of pyridine rings is 1. The van der Waals surface area contributed by atoms with E-state index in [-0.39, 0.29) is 11.6 Å². The molecule has 0 spiro atoms. The van der Waals surface area contributed by atoms with Gasteiger partial charge in [0.05, 0.1) is 12.8 Å². The van der Waals surface area contributed by atoms with Crippen molar-refractivity contribution in [2.75, 3.05) is 12.4 Å². The Morgan fingerprint density at radius 3 is 2.88 bits per heavy atom. The fourth-order valence-corrected chi connectivity index (χ4v) is 3.03. The first-order chi connectivity index (χ1) is 11.6. The van der Waals surface area contributed by atoms with Crippen LogP contribution in [-0.2, 0) is 0 Å². The molecular weight excluding hydrogens is 346 g/mol. The summed E-state index contributed by atoms with van der Waals surface area (Å²) in [5.41, 5.74) is 2.98.